The summed E-state index contributed by atoms with van der Waals surface area (Å²) >= 11 is 0. The van der Waals surface area contributed by atoms with Gasteiger partial charge in [0.05, 0.1) is 13.2 Å². The average Bonchev–Trinajstić information content (AvgIpc) is 2.57. The number of hydrogen-bond donors (Lipinski definition) is 2. The van der Waals surface area contributed by atoms with Crippen molar-refractivity contribution in [2.75, 3.05) is 33.4 Å². The maximum absolute atomic E-state index is 5.66. The molecule has 1 aromatic rings. The van der Waals surface area contributed by atoms with Crippen LogP contribution in [-0.2, 0) is 22.6 Å². The number of methoxy groups -OCH3 is 1. The van der Waals surface area contributed by atoms with Gasteiger partial charge in [-0.2, -0.15) is 0 Å². The molecule has 0 aliphatic carbocycles. The smallest absolute Gasteiger partial charge is 0.191 e. The third-order valence-corrected chi connectivity index (χ3v) is 3.29. The topological polar surface area (TPSA) is 54.9 Å². The predicted molar refractivity (Wildman–Crippen MR) is 95.7 cm³/mol. The van der Waals surface area contributed by atoms with Crippen LogP contribution in [0.15, 0.2) is 29.3 Å². The number of guanidine groups is 1. The highest BCUT2D eigenvalue weighted by Crippen LogP contribution is 2.11. The summed E-state index contributed by atoms with van der Waals surface area (Å²) in [5.41, 5.74) is 2.41. The molecule has 0 bridgehead atoms. The predicted octanol–water partition coefficient (Wildman–Crippen LogP) is 2.70. The molecule has 5 heteroatoms. The first-order valence-electron chi connectivity index (χ1n) is 8.47. The van der Waals surface area contributed by atoms with E-state index in [0.717, 1.165) is 45.1 Å². The zero-order valence-corrected chi connectivity index (χ0v) is 14.7. The summed E-state index contributed by atoms with van der Waals surface area (Å²) in [6, 6.07) is 8.32. The summed E-state index contributed by atoms with van der Waals surface area (Å²) in [5, 5.41) is 6.59. The molecular formula is C18H31N3O2. The van der Waals surface area contributed by atoms with E-state index in [2.05, 4.69) is 41.6 Å². The lowest BCUT2D eigenvalue weighted by Gasteiger charge is -2.12. The molecule has 2 N–H and O–H groups in total. The van der Waals surface area contributed by atoms with E-state index >= 15 is 0 Å². The summed E-state index contributed by atoms with van der Waals surface area (Å²) in [6.45, 7) is 8.72. The number of aliphatic imine (C=N–C) groups is 1. The van der Waals surface area contributed by atoms with E-state index in [-0.39, 0.29) is 0 Å². The number of nitrogens with zero attached hydrogens (tertiary/aromatic N) is 1. The van der Waals surface area contributed by atoms with Gasteiger partial charge in [0.25, 0.3) is 0 Å². The molecule has 23 heavy (non-hydrogen) atoms. The lowest BCUT2D eigenvalue weighted by atomic mass is 10.1. The van der Waals surface area contributed by atoms with Crippen LogP contribution in [0.1, 0.15) is 37.8 Å². The minimum atomic E-state index is 0.644. The van der Waals surface area contributed by atoms with Crippen molar-refractivity contribution in [2.24, 2.45) is 4.99 Å². The van der Waals surface area contributed by atoms with Crippen LogP contribution < -0.4 is 10.6 Å². The highest BCUT2D eigenvalue weighted by molar-refractivity contribution is 5.79. The third-order valence-electron chi connectivity index (χ3n) is 3.29. The van der Waals surface area contributed by atoms with Crippen LogP contribution in [0.4, 0.5) is 0 Å². The number of nitrogens with one attached hydrogen (secondary N) is 2. The van der Waals surface area contributed by atoms with Crippen molar-refractivity contribution in [3.63, 3.8) is 0 Å². The van der Waals surface area contributed by atoms with Crippen molar-refractivity contribution in [1.29, 1.82) is 0 Å². The van der Waals surface area contributed by atoms with E-state index in [1.807, 2.05) is 12.1 Å². The second-order valence-electron chi connectivity index (χ2n) is 5.29. The van der Waals surface area contributed by atoms with Crippen molar-refractivity contribution in [2.45, 2.75) is 39.8 Å². The quantitative estimate of drug-likeness (QED) is 0.374. The Labute approximate surface area is 140 Å². The molecular weight excluding hydrogens is 290 g/mol. The van der Waals surface area contributed by atoms with Crippen molar-refractivity contribution in [1.82, 2.24) is 10.6 Å². The van der Waals surface area contributed by atoms with Crippen LogP contribution in [0, 0.1) is 0 Å². The monoisotopic (exact) mass is 321 g/mol. The van der Waals surface area contributed by atoms with E-state index in [0.29, 0.717) is 13.2 Å². The Morgan fingerprint density at radius 3 is 2.57 bits per heavy atom. The molecule has 0 spiro atoms. The van der Waals surface area contributed by atoms with E-state index in [4.69, 9.17) is 9.47 Å². The van der Waals surface area contributed by atoms with E-state index in [9.17, 15) is 0 Å². The molecule has 0 saturated heterocycles. The Hall–Kier alpha value is -1.59. The van der Waals surface area contributed by atoms with Gasteiger partial charge >= 0.3 is 0 Å². The van der Waals surface area contributed by atoms with Gasteiger partial charge in [0, 0.05) is 33.4 Å². The number of ether oxygens (including phenoxy) is 2. The summed E-state index contributed by atoms with van der Waals surface area (Å²) in [5.74, 6) is 0.841. The van der Waals surface area contributed by atoms with Gasteiger partial charge in [0.15, 0.2) is 5.96 Å². The minimum Gasteiger partial charge on any atom is -0.385 e. The summed E-state index contributed by atoms with van der Waals surface area (Å²) in [7, 11) is 1.72. The maximum atomic E-state index is 5.66. The van der Waals surface area contributed by atoms with Gasteiger partial charge in [-0.05, 0) is 30.9 Å². The summed E-state index contributed by atoms with van der Waals surface area (Å²) in [4.78, 5) is 4.67. The van der Waals surface area contributed by atoms with Gasteiger partial charge in [-0.15, -0.1) is 0 Å². The lowest BCUT2D eigenvalue weighted by Crippen LogP contribution is -2.38. The van der Waals surface area contributed by atoms with Crippen LogP contribution in [-0.4, -0.2) is 39.4 Å². The Kier molecular flexibility index (Phi) is 10.9. The fraction of sp³-hybridized carbons (Fsp3) is 0.611. The maximum Gasteiger partial charge on any atom is 0.191 e. The average molecular weight is 321 g/mol. The van der Waals surface area contributed by atoms with E-state index in [1.165, 1.54) is 11.1 Å². The van der Waals surface area contributed by atoms with Crippen molar-refractivity contribution in [3.8, 4) is 0 Å². The van der Waals surface area contributed by atoms with Gasteiger partial charge in [0.1, 0.15) is 0 Å². The second-order valence-corrected chi connectivity index (χ2v) is 5.29. The molecule has 130 valence electrons. The van der Waals surface area contributed by atoms with E-state index < -0.39 is 0 Å². The molecule has 0 aromatic heterocycles. The van der Waals surface area contributed by atoms with Gasteiger partial charge < -0.3 is 20.1 Å². The molecule has 5 nitrogen and oxygen atoms in total. The molecule has 0 unspecified atom stereocenters. The Bertz CT molecular complexity index is 450. The number of benzene rings is 1. The van der Waals surface area contributed by atoms with E-state index in [1.54, 1.807) is 7.11 Å². The molecule has 0 saturated carbocycles. The van der Waals surface area contributed by atoms with Crippen molar-refractivity contribution < 1.29 is 9.47 Å². The van der Waals surface area contributed by atoms with Gasteiger partial charge in [0.2, 0.25) is 0 Å². The summed E-state index contributed by atoms with van der Waals surface area (Å²) < 4.78 is 10.7. The first-order chi connectivity index (χ1) is 11.3. The standard InChI is InChI=1S/C18H31N3O2/c1-4-12-23-15-17-10-7-6-9-16(17)14-21-18(19-5-2)20-11-8-13-22-3/h6-7,9-10H,4-5,8,11-15H2,1-3H3,(H2,19,20,21). The van der Waals surface area contributed by atoms with Gasteiger partial charge in [-0.1, -0.05) is 31.2 Å². The SMILES string of the molecule is CCCOCc1ccccc1CN=C(NCC)NCCCOC. The van der Waals surface area contributed by atoms with Gasteiger partial charge in [-0.3, -0.25) is 0 Å². The first-order valence-corrected chi connectivity index (χ1v) is 8.47. The fourth-order valence-corrected chi connectivity index (χ4v) is 2.11. The van der Waals surface area contributed by atoms with Crippen LogP contribution in [0.3, 0.4) is 0 Å². The molecule has 0 amide bonds. The molecule has 0 aliphatic heterocycles. The minimum absolute atomic E-state index is 0.644. The molecule has 0 heterocycles. The molecule has 0 radical (unpaired) electrons. The van der Waals surface area contributed by atoms with Crippen LogP contribution in [0.25, 0.3) is 0 Å². The Morgan fingerprint density at radius 2 is 1.87 bits per heavy atom. The third kappa shape index (κ3) is 8.57. The zero-order chi connectivity index (χ0) is 16.8. The highest BCUT2D eigenvalue weighted by Gasteiger charge is 2.03. The Balaban J connectivity index is 2.59. The normalized spacial score (nSPS) is 11.5. The molecule has 1 rings (SSSR count). The highest BCUT2D eigenvalue weighted by atomic mass is 16.5. The number of rotatable bonds is 11. The van der Waals surface area contributed by atoms with Gasteiger partial charge in [-0.25, -0.2) is 4.99 Å². The second kappa shape index (κ2) is 12.9. The van der Waals surface area contributed by atoms with Crippen LogP contribution >= 0.6 is 0 Å². The fourth-order valence-electron chi connectivity index (χ4n) is 2.11. The first kappa shape index (κ1) is 19.5. The Morgan fingerprint density at radius 1 is 1.09 bits per heavy atom. The van der Waals surface area contributed by atoms with Crippen LogP contribution in [0.5, 0.6) is 0 Å². The van der Waals surface area contributed by atoms with Crippen molar-refractivity contribution >= 4 is 5.96 Å². The molecule has 0 atom stereocenters. The zero-order valence-electron chi connectivity index (χ0n) is 14.7. The van der Waals surface area contributed by atoms with Crippen molar-refractivity contribution in [3.05, 3.63) is 35.4 Å². The summed E-state index contributed by atoms with van der Waals surface area (Å²) in [6.07, 6.45) is 2.00. The molecule has 0 fully saturated rings. The number of hydrogen-bond acceptors (Lipinski definition) is 3. The lowest BCUT2D eigenvalue weighted by molar-refractivity contribution is 0.121. The largest absolute Gasteiger partial charge is 0.385 e. The molecule has 0 aliphatic rings. The van der Waals surface area contributed by atoms with Crippen LogP contribution in [0.2, 0.25) is 0 Å². The molecule has 1 aromatic carbocycles.